The summed E-state index contributed by atoms with van der Waals surface area (Å²) in [5.74, 6) is 0.625. The molecule has 3 nitrogen and oxygen atoms in total. The third-order valence-electron chi connectivity index (χ3n) is 1.18. The summed E-state index contributed by atoms with van der Waals surface area (Å²) in [5, 5.41) is 2.96. The van der Waals surface area contributed by atoms with Gasteiger partial charge in [-0.3, -0.25) is 0 Å². The van der Waals surface area contributed by atoms with Gasteiger partial charge in [0, 0.05) is 13.1 Å². The Bertz CT molecular complexity index is 154. The second-order valence-electron chi connectivity index (χ2n) is 1.90. The van der Waals surface area contributed by atoms with Crippen LogP contribution in [0.25, 0.3) is 0 Å². The quantitative estimate of drug-likeness (QED) is 0.503. The molecule has 1 aliphatic heterocycles. The fraction of sp³-hybridized carbons (Fsp3) is 1.00. The second-order valence-corrected chi connectivity index (χ2v) is 4.21. The molecule has 1 heterocycles. The molecule has 1 fully saturated rings. The Balaban J connectivity index is 0.000000371. The summed E-state index contributed by atoms with van der Waals surface area (Å²) in [5.41, 5.74) is 0. The van der Waals surface area contributed by atoms with Crippen LogP contribution in [-0.4, -0.2) is 37.9 Å². The minimum atomic E-state index is -2.65. The van der Waals surface area contributed by atoms with Crippen molar-refractivity contribution < 1.29 is 8.42 Å². The van der Waals surface area contributed by atoms with E-state index in [-0.39, 0.29) is 0 Å². The van der Waals surface area contributed by atoms with E-state index >= 15 is 0 Å². The summed E-state index contributed by atoms with van der Waals surface area (Å²) in [4.78, 5) is 1.97. The van der Waals surface area contributed by atoms with Gasteiger partial charge in [-0.15, -0.1) is 0 Å². The number of hydrogen-bond donors (Lipinski definition) is 1. The number of nitrogens with one attached hydrogen (secondary N) is 1. The lowest BCUT2D eigenvalue weighted by Crippen LogP contribution is -2.35. The van der Waals surface area contributed by atoms with Gasteiger partial charge >= 0.3 is 0 Å². The van der Waals surface area contributed by atoms with Crippen LogP contribution in [-0.2, 0) is 9.84 Å². The number of alkyl halides is 1. The van der Waals surface area contributed by atoms with Crippen molar-refractivity contribution in [3.05, 3.63) is 0 Å². The standard InChI is InChI=1S/C4H9NO2S.CH3I/c6-8(7)3-1-5-2-4-8;1-2/h5H,1-4H2;1H3. The molecule has 0 bridgehead atoms. The lowest BCUT2D eigenvalue weighted by Gasteiger charge is -2.10. The van der Waals surface area contributed by atoms with Crippen LogP contribution in [0.15, 0.2) is 0 Å². The minimum absolute atomic E-state index is 0.312. The monoisotopic (exact) mass is 277 g/mol. The van der Waals surface area contributed by atoms with Crippen LogP contribution >= 0.6 is 22.6 Å². The zero-order valence-corrected chi connectivity index (χ0v) is 8.91. The average molecular weight is 277 g/mol. The molecule has 0 aromatic rings. The van der Waals surface area contributed by atoms with E-state index in [2.05, 4.69) is 27.9 Å². The lowest BCUT2D eigenvalue weighted by atomic mass is 10.6. The molecular weight excluding hydrogens is 265 g/mol. The first kappa shape index (κ1) is 10.6. The molecule has 0 spiro atoms. The van der Waals surface area contributed by atoms with E-state index in [9.17, 15) is 8.42 Å². The van der Waals surface area contributed by atoms with Crippen LogP contribution < -0.4 is 5.32 Å². The molecule has 1 aliphatic rings. The summed E-state index contributed by atoms with van der Waals surface area (Å²) in [6.45, 7) is 1.25. The van der Waals surface area contributed by atoms with Crippen molar-refractivity contribution in [2.75, 3.05) is 29.5 Å². The Morgan fingerprint density at radius 1 is 1.20 bits per heavy atom. The van der Waals surface area contributed by atoms with E-state index in [1.54, 1.807) is 0 Å². The van der Waals surface area contributed by atoms with Crippen molar-refractivity contribution in [3.63, 3.8) is 0 Å². The normalized spacial score (nSPS) is 22.6. The second kappa shape index (κ2) is 5.31. The smallest absolute Gasteiger partial charge is 0.152 e. The number of rotatable bonds is 0. The number of sulfone groups is 1. The largest absolute Gasteiger partial charge is 0.315 e. The Morgan fingerprint density at radius 3 is 1.80 bits per heavy atom. The van der Waals surface area contributed by atoms with Crippen LogP contribution in [0.4, 0.5) is 0 Å². The molecule has 0 atom stereocenters. The van der Waals surface area contributed by atoms with Crippen molar-refractivity contribution in [1.29, 1.82) is 0 Å². The van der Waals surface area contributed by atoms with Gasteiger partial charge in [0.2, 0.25) is 0 Å². The van der Waals surface area contributed by atoms with Gasteiger partial charge < -0.3 is 5.32 Å². The van der Waals surface area contributed by atoms with Crippen molar-refractivity contribution in [3.8, 4) is 0 Å². The highest BCUT2D eigenvalue weighted by atomic mass is 127. The Labute approximate surface area is 75.6 Å². The third kappa shape index (κ3) is 4.45. The fourth-order valence-electron chi connectivity index (χ4n) is 0.682. The maximum absolute atomic E-state index is 10.6. The van der Waals surface area contributed by atoms with Crippen LogP contribution in [0.1, 0.15) is 0 Å². The van der Waals surface area contributed by atoms with Crippen molar-refractivity contribution in [2.24, 2.45) is 0 Å². The third-order valence-corrected chi connectivity index (χ3v) is 2.83. The zero-order valence-electron chi connectivity index (χ0n) is 5.93. The highest BCUT2D eigenvalue weighted by Gasteiger charge is 2.13. The van der Waals surface area contributed by atoms with Crippen molar-refractivity contribution in [1.82, 2.24) is 5.32 Å². The van der Waals surface area contributed by atoms with Gasteiger partial charge in [0.1, 0.15) is 0 Å². The molecule has 1 N–H and O–H groups in total. The van der Waals surface area contributed by atoms with Gasteiger partial charge in [-0.05, 0) is 4.93 Å². The van der Waals surface area contributed by atoms with Gasteiger partial charge in [-0.25, -0.2) is 8.42 Å². The van der Waals surface area contributed by atoms with Crippen molar-refractivity contribution >= 4 is 32.4 Å². The Hall–Kier alpha value is 0.640. The van der Waals surface area contributed by atoms with Crippen LogP contribution in [0.3, 0.4) is 0 Å². The molecule has 0 unspecified atom stereocenters. The van der Waals surface area contributed by atoms with Crippen LogP contribution in [0.5, 0.6) is 0 Å². The highest BCUT2D eigenvalue weighted by Crippen LogP contribution is 1.91. The molecule has 62 valence electrons. The van der Waals surface area contributed by atoms with Crippen LogP contribution in [0.2, 0.25) is 0 Å². The molecule has 0 radical (unpaired) electrons. The maximum Gasteiger partial charge on any atom is 0.152 e. The highest BCUT2D eigenvalue weighted by molar-refractivity contribution is 14.1. The number of halogens is 1. The van der Waals surface area contributed by atoms with E-state index in [0.29, 0.717) is 24.6 Å². The molecule has 10 heavy (non-hydrogen) atoms. The van der Waals surface area contributed by atoms with Gasteiger partial charge in [0.25, 0.3) is 0 Å². The molecule has 5 heteroatoms. The molecule has 1 saturated heterocycles. The first-order valence-corrected chi connectivity index (χ1v) is 6.97. The lowest BCUT2D eigenvalue weighted by molar-refractivity contribution is 0.577. The van der Waals surface area contributed by atoms with Crippen molar-refractivity contribution in [2.45, 2.75) is 0 Å². The Kier molecular flexibility index (Phi) is 5.65. The van der Waals surface area contributed by atoms with E-state index in [1.165, 1.54) is 0 Å². The van der Waals surface area contributed by atoms with E-state index in [4.69, 9.17) is 0 Å². The minimum Gasteiger partial charge on any atom is -0.315 e. The van der Waals surface area contributed by atoms with E-state index in [1.807, 2.05) is 4.93 Å². The van der Waals surface area contributed by atoms with Gasteiger partial charge in [0.15, 0.2) is 9.84 Å². The average Bonchev–Trinajstić information content (AvgIpc) is 1.92. The first-order valence-electron chi connectivity index (χ1n) is 3.00. The van der Waals surface area contributed by atoms with E-state index in [0.717, 1.165) is 0 Å². The number of hydrogen-bond acceptors (Lipinski definition) is 3. The molecule has 0 saturated carbocycles. The van der Waals surface area contributed by atoms with E-state index < -0.39 is 9.84 Å². The van der Waals surface area contributed by atoms with Gasteiger partial charge in [0.05, 0.1) is 11.5 Å². The topological polar surface area (TPSA) is 46.2 Å². The SMILES string of the molecule is CI.O=S1(=O)CCNCC1. The molecule has 0 aromatic heterocycles. The van der Waals surface area contributed by atoms with Gasteiger partial charge in [-0.2, -0.15) is 0 Å². The summed E-state index contributed by atoms with van der Waals surface area (Å²) in [7, 11) is -2.65. The summed E-state index contributed by atoms with van der Waals surface area (Å²) >= 11 is 2.15. The summed E-state index contributed by atoms with van der Waals surface area (Å²) in [6.07, 6.45) is 0. The van der Waals surface area contributed by atoms with Crippen LogP contribution in [0, 0.1) is 0 Å². The summed E-state index contributed by atoms with van der Waals surface area (Å²) in [6, 6.07) is 0. The predicted molar refractivity (Wildman–Crippen MR) is 51.5 cm³/mol. The maximum atomic E-state index is 10.6. The van der Waals surface area contributed by atoms with Gasteiger partial charge in [-0.1, -0.05) is 22.6 Å². The predicted octanol–water partition coefficient (Wildman–Crippen LogP) is 0.0556. The first-order chi connectivity index (χ1) is 4.71. The molecule has 0 amide bonds. The molecular formula is C5H12INO2S. The molecule has 1 rings (SSSR count). The summed E-state index contributed by atoms with van der Waals surface area (Å²) < 4.78 is 21.2. The molecule has 0 aromatic carbocycles. The zero-order chi connectivity index (χ0) is 8.04. The Morgan fingerprint density at radius 2 is 1.60 bits per heavy atom. The molecule has 0 aliphatic carbocycles. The fourth-order valence-corrected chi connectivity index (χ4v) is 1.80.